The maximum absolute atomic E-state index is 13.5. The highest BCUT2D eigenvalue weighted by atomic mass is 19.4. The Hall–Kier alpha value is -6.53. The van der Waals surface area contributed by atoms with Crippen LogP contribution in [0.4, 0.5) is 36.8 Å². The van der Waals surface area contributed by atoms with E-state index in [2.05, 4.69) is 5.32 Å². The summed E-state index contributed by atoms with van der Waals surface area (Å²) in [6, 6.07) is 22.0. The highest BCUT2D eigenvalue weighted by Gasteiger charge is 2.40. The number of anilines is 1. The summed E-state index contributed by atoms with van der Waals surface area (Å²) >= 11 is 0. The van der Waals surface area contributed by atoms with E-state index in [4.69, 9.17) is 4.74 Å². The van der Waals surface area contributed by atoms with Gasteiger partial charge in [-0.15, -0.1) is 0 Å². The molecule has 0 fully saturated rings. The molecule has 9 nitrogen and oxygen atoms in total. The molecule has 4 rings (SSSR count). The second kappa shape index (κ2) is 16.5. The number of nitrogens with one attached hydrogen (secondary N) is 1. The molecule has 2 amide bonds. The minimum absolute atomic E-state index is 0.0698. The number of likely N-dealkylation sites (N-methyl/N-ethyl adjacent to an activating group) is 1. The van der Waals surface area contributed by atoms with Crippen LogP contribution in [0.1, 0.15) is 27.8 Å². The normalized spacial score (nSPS) is 13.1. The minimum atomic E-state index is -5.16. The predicted octanol–water partition coefficient (Wildman–Crippen LogP) is 7.31. The number of carbonyl (C=O) groups is 2. The molecule has 0 saturated carbocycles. The topological polar surface area (TPSA) is 133 Å². The number of alkyl halides is 6. The second-order valence-electron chi connectivity index (χ2n) is 11.3. The van der Waals surface area contributed by atoms with Gasteiger partial charge in [-0.25, -0.2) is 4.79 Å². The lowest BCUT2D eigenvalue weighted by molar-refractivity contribution is -0.143. The largest absolute Gasteiger partial charge is 0.448 e. The van der Waals surface area contributed by atoms with Crippen LogP contribution in [0.5, 0.6) is 0 Å². The Bertz CT molecular complexity index is 1990. The van der Waals surface area contributed by atoms with Crippen LogP contribution in [-0.4, -0.2) is 43.6 Å². The van der Waals surface area contributed by atoms with E-state index in [1.807, 2.05) is 35.2 Å². The van der Waals surface area contributed by atoms with Gasteiger partial charge in [-0.2, -0.15) is 42.1 Å². The molecule has 266 valence electrons. The quantitative estimate of drug-likeness (QED) is 0.162. The second-order valence-corrected chi connectivity index (χ2v) is 11.3. The van der Waals surface area contributed by atoms with Crippen molar-refractivity contribution in [3.05, 3.63) is 129 Å². The Morgan fingerprint density at radius 3 is 2.06 bits per heavy atom. The maximum atomic E-state index is 13.5. The van der Waals surface area contributed by atoms with Crippen molar-refractivity contribution in [2.24, 2.45) is 0 Å². The van der Waals surface area contributed by atoms with Crippen LogP contribution in [-0.2, 0) is 34.8 Å². The molecule has 1 N–H and O–H groups in total. The van der Waals surface area contributed by atoms with E-state index in [0.29, 0.717) is 42.1 Å². The first kappa shape index (κ1) is 38.3. The third kappa shape index (κ3) is 9.58. The smallest absolute Gasteiger partial charge is 0.416 e. The molecule has 0 bridgehead atoms. The molecule has 3 aromatic carbocycles. The van der Waals surface area contributed by atoms with Gasteiger partial charge in [-0.1, -0.05) is 48.5 Å². The number of hydrogen-bond donors (Lipinski definition) is 1. The lowest BCUT2D eigenvalue weighted by Crippen LogP contribution is -2.30. The minimum Gasteiger partial charge on any atom is -0.448 e. The zero-order chi connectivity index (χ0) is 38.1. The third-order valence-electron chi connectivity index (χ3n) is 7.77. The fraction of sp³-hybridized carbons (Fsp3) is 0.216. The molecule has 0 unspecified atom stereocenters. The van der Waals surface area contributed by atoms with Gasteiger partial charge in [0.05, 0.1) is 41.1 Å². The van der Waals surface area contributed by atoms with E-state index in [1.54, 1.807) is 37.4 Å². The standard InChI is InChI=1S/C37H28F6N6O3/c1-48(15-16-52-35(51)47-14-13-24-5-3-2-4-6-24)30-10-7-25(8-11-30)9-12-31-32(22-46)33(27(20-44)21-45)49(34(31)50)23-26-17-28(36(38,39)40)19-29(18-26)37(41,42)43/h2-12,17-19H,13-16,23H2,1H3,(H,47,51)/b12-9+. The highest BCUT2D eigenvalue weighted by Crippen LogP contribution is 2.39. The number of amides is 2. The zero-order valence-corrected chi connectivity index (χ0v) is 27.3. The molecule has 1 heterocycles. The van der Waals surface area contributed by atoms with Gasteiger partial charge in [0.2, 0.25) is 0 Å². The van der Waals surface area contributed by atoms with Crippen LogP contribution in [0.25, 0.3) is 6.08 Å². The maximum Gasteiger partial charge on any atom is 0.416 e. The molecule has 15 heteroatoms. The Morgan fingerprint density at radius 2 is 1.50 bits per heavy atom. The molecule has 3 aromatic rings. The van der Waals surface area contributed by atoms with Gasteiger partial charge < -0.3 is 19.9 Å². The number of nitrogens with zero attached hydrogens (tertiary/aromatic N) is 5. The van der Waals surface area contributed by atoms with Crippen molar-refractivity contribution in [3.63, 3.8) is 0 Å². The molecular weight excluding hydrogens is 690 g/mol. The van der Waals surface area contributed by atoms with Crippen molar-refractivity contribution >= 4 is 23.8 Å². The summed E-state index contributed by atoms with van der Waals surface area (Å²) in [4.78, 5) is 28.0. The van der Waals surface area contributed by atoms with E-state index < -0.39 is 64.4 Å². The number of hydrogen-bond acceptors (Lipinski definition) is 7. The summed E-state index contributed by atoms with van der Waals surface area (Å²) in [6.07, 6.45) is -7.56. The van der Waals surface area contributed by atoms with Crippen molar-refractivity contribution in [2.75, 3.05) is 31.6 Å². The van der Waals surface area contributed by atoms with Gasteiger partial charge >= 0.3 is 18.4 Å². The first-order valence-corrected chi connectivity index (χ1v) is 15.4. The average Bonchev–Trinajstić information content (AvgIpc) is 3.36. The van der Waals surface area contributed by atoms with E-state index in [9.17, 15) is 51.7 Å². The third-order valence-corrected chi connectivity index (χ3v) is 7.77. The molecule has 1 aliphatic heterocycles. The fourth-order valence-corrected chi connectivity index (χ4v) is 5.15. The fourth-order valence-electron chi connectivity index (χ4n) is 5.15. The van der Waals surface area contributed by atoms with Gasteiger partial charge in [-0.05, 0) is 59.5 Å². The van der Waals surface area contributed by atoms with Crippen molar-refractivity contribution in [1.82, 2.24) is 10.2 Å². The molecule has 0 saturated heterocycles. The van der Waals surface area contributed by atoms with Crippen LogP contribution in [0.3, 0.4) is 0 Å². The Morgan fingerprint density at radius 1 is 0.885 bits per heavy atom. The van der Waals surface area contributed by atoms with Crippen LogP contribution in [0.2, 0.25) is 0 Å². The summed E-state index contributed by atoms with van der Waals surface area (Å²) in [5, 5.41) is 31.7. The number of benzene rings is 3. The van der Waals surface area contributed by atoms with Gasteiger partial charge in [-0.3, -0.25) is 4.79 Å². The average molecular weight is 719 g/mol. The SMILES string of the molecule is CN(CCOC(=O)NCCc1ccccc1)c1ccc(/C=C/C2=C(C#N)C(=C(C#N)C#N)N(Cc3cc(C(F)(F)F)cc(C(F)(F)F)c3)C2=O)cc1. The molecule has 0 radical (unpaired) electrons. The van der Waals surface area contributed by atoms with Crippen molar-refractivity contribution < 1.29 is 40.7 Å². The van der Waals surface area contributed by atoms with Gasteiger partial charge in [0.1, 0.15) is 24.8 Å². The van der Waals surface area contributed by atoms with E-state index in [-0.39, 0.29) is 18.2 Å². The summed E-state index contributed by atoms with van der Waals surface area (Å²) in [7, 11) is 1.77. The number of allylic oxidation sites excluding steroid dienone is 2. The monoisotopic (exact) mass is 718 g/mol. The molecule has 0 aliphatic carbocycles. The Labute approximate surface area is 294 Å². The number of carbonyl (C=O) groups excluding carboxylic acids is 2. The first-order chi connectivity index (χ1) is 24.7. The van der Waals surface area contributed by atoms with E-state index >= 15 is 0 Å². The van der Waals surface area contributed by atoms with E-state index in [1.165, 1.54) is 24.3 Å². The highest BCUT2D eigenvalue weighted by molar-refractivity contribution is 6.05. The zero-order valence-electron chi connectivity index (χ0n) is 27.3. The number of ether oxygens (including phenoxy) is 1. The van der Waals surface area contributed by atoms with Crippen LogP contribution in [0, 0.1) is 34.0 Å². The number of rotatable bonds is 11. The Balaban J connectivity index is 1.47. The number of nitriles is 3. The molecule has 0 aromatic heterocycles. The summed E-state index contributed by atoms with van der Waals surface area (Å²) < 4.78 is 86.2. The number of halogens is 6. The van der Waals surface area contributed by atoms with E-state index in [0.717, 1.165) is 11.3 Å². The summed E-state index contributed by atoms with van der Waals surface area (Å²) in [6.45, 7) is -0.0371. The van der Waals surface area contributed by atoms with Gasteiger partial charge in [0.25, 0.3) is 5.91 Å². The molecule has 0 atom stereocenters. The molecule has 0 spiro atoms. The number of alkyl carbamates (subject to hydrolysis) is 1. The van der Waals surface area contributed by atoms with Crippen LogP contribution < -0.4 is 10.2 Å². The van der Waals surface area contributed by atoms with Crippen molar-refractivity contribution in [2.45, 2.75) is 25.3 Å². The predicted molar refractivity (Wildman–Crippen MR) is 176 cm³/mol. The van der Waals surface area contributed by atoms with Crippen molar-refractivity contribution in [1.29, 1.82) is 15.8 Å². The molecule has 52 heavy (non-hydrogen) atoms. The van der Waals surface area contributed by atoms with Crippen LogP contribution in [0.15, 0.2) is 101 Å². The molecular formula is C37H28F6N6O3. The summed E-state index contributed by atoms with van der Waals surface area (Å²) in [5.74, 6) is -1.02. The first-order valence-electron chi connectivity index (χ1n) is 15.4. The molecule has 1 aliphatic rings. The Kier molecular flexibility index (Phi) is 12.1. The lowest BCUT2D eigenvalue weighted by atomic mass is 10.0. The summed E-state index contributed by atoms with van der Waals surface area (Å²) in [5.41, 5.74) is -3.55. The van der Waals surface area contributed by atoms with Gasteiger partial charge in [0.15, 0.2) is 5.57 Å². The van der Waals surface area contributed by atoms with Crippen LogP contribution >= 0.6 is 0 Å². The van der Waals surface area contributed by atoms with Crippen molar-refractivity contribution in [3.8, 4) is 18.2 Å². The lowest BCUT2D eigenvalue weighted by Gasteiger charge is -2.21. The van der Waals surface area contributed by atoms with Gasteiger partial charge in [0, 0.05) is 19.3 Å².